The molecule has 31 heavy (non-hydrogen) atoms. The molecule has 4 heteroatoms. The number of aryl methyl sites for hydroxylation is 1. The Hall–Kier alpha value is -1.65. The summed E-state index contributed by atoms with van der Waals surface area (Å²) in [6, 6.07) is 13.0. The predicted octanol–water partition coefficient (Wildman–Crippen LogP) is 8.20. The zero-order valence-electron chi connectivity index (χ0n) is 21.4. The Labute approximate surface area is 196 Å². The fourth-order valence-corrected chi connectivity index (χ4v) is 4.42. The van der Waals surface area contributed by atoms with E-state index in [0.717, 1.165) is 18.0 Å². The Bertz CT molecular complexity index is 809. The summed E-state index contributed by atoms with van der Waals surface area (Å²) in [6.07, 6.45) is 2.74. The summed E-state index contributed by atoms with van der Waals surface area (Å²) in [6.45, 7) is 19.0. The molecule has 3 nitrogen and oxygen atoms in total. The van der Waals surface area contributed by atoms with Crippen molar-refractivity contribution in [2.75, 3.05) is 22.2 Å². The van der Waals surface area contributed by atoms with Crippen LogP contribution in [0.25, 0.3) is 11.1 Å². The van der Waals surface area contributed by atoms with Crippen molar-refractivity contribution in [2.24, 2.45) is 5.92 Å². The first kappa shape index (κ1) is 27.4. The van der Waals surface area contributed by atoms with Gasteiger partial charge in [-0.15, -0.1) is 0 Å². The quantitative estimate of drug-likeness (QED) is 0.481. The first-order chi connectivity index (χ1) is 14.8. The van der Waals surface area contributed by atoms with E-state index in [0.29, 0.717) is 0 Å². The number of benzene rings is 2. The van der Waals surface area contributed by atoms with Crippen LogP contribution in [0.5, 0.6) is 0 Å². The van der Waals surface area contributed by atoms with E-state index in [1.807, 2.05) is 61.5 Å². The van der Waals surface area contributed by atoms with Crippen LogP contribution in [0.2, 0.25) is 0 Å². The first-order valence-corrected chi connectivity index (χ1v) is 12.7. The zero-order chi connectivity index (χ0) is 23.8. The number of aliphatic hydroxyl groups is 1. The second-order valence-corrected chi connectivity index (χ2v) is 9.03. The molecule has 2 aromatic carbocycles. The average Bonchev–Trinajstić information content (AvgIpc) is 3.55. The molecule has 4 rings (SSSR count). The van der Waals surface area contributed by atoms with Crippen molar-refractivity contribution in [3.63, 3.8) is 0 Å². The highest BCUT2D eigenvalue weighted by molar-refractivity contribution is 8.02. The number of rotatable bonds is 4. The van der Waals surface area contributed by atoms with E-state index in [-0.39, 0.29) is 0 Å². The van der Waals surface area contributed by atoms with Crippen molar-refractivity contribution in [1.82, 2.24) is 0 Å². The molecule has 0 unspecified atom stereocenters. The van der Waals surface area contributed by atoms with Gasteiger partial charge in [0.1, 0.15) is 0 Å². The molecule has 0 aromatic heterocycles. The van der Waals surface area contributed by atoms with E-state index in [2.05, 4.69) is 52.9 Å². The summed E-state index contributed by atoms with van der Waals surface area (Å²) in [7, 11) is 2.14. The Balaban J connectivity index is 0.000000739. The molecule has 0 amide bonds. The molecule has 1 fully saturated rings. The topological polar surface area (TPSA) is 26.7 Å². The summed E-state index contributed by atoms with van der Waals surface area (Å²) in [5, 5.41) is 10.4. The summed E-state index contributed by atoms with van der Waals surface area (Å²) in [5.41, 5.74) is 6.36. The van der Waals surface area contributed by atoms with Crippen LogP contribution in [0, 0.1) is 12.8 Å². The second kappa shape index (κ2) is 12.4. The van der Waals surface area contributed by atoms with Crippen LogP contribution in [0.4, 0.5) is 11.4 Å². The molecule has 174 valence electrons. The van der Waals surface area contributed by atoms with Gasteiger partial charge in [0.25, 0.3) is 0 Å². The highest BCUT2D eigenvalue weighted by Gasteiger charge is 2.31. The summed E-state index contributed by atoms with van der Waals surface area (Å²) in [5.74, 6) is 0.872. The maximum absolute atomic E-state index is 10.4. The summed E-state index contributed by atoms with van der Waals surface area (Å²) >= 11 is 1.80. The van der Waals surface area contributed by atoms with Crippen LogP contribution in [0.3, 0.4) is 0 Å². The minimum absolute atomic E-state index is 0.827. The minimum Gasteiger partial charge on any atom is -0.386 e. The Morgan fingerprint density at radius 2 is 1.55 bits per heavy atom. The smallest absolute Gasteiger partial charge is 0.0840 e. The van der Waals surface area contributed by atoms with E-state index in [1.165, 1.54) is 40.9 Å². The lowest BCUT2D eigenvalue weighted by molar-refractivity contribution is 0.0786. The van der Waals surface area contributed by atoms with Gasteiger partial charge in [0, 0.05) is 13.6 Å². The lowest BCUT2D eigenvalue weighted by Crippen LogP contribution is -2.16. The van der Waals surface area contributed by atoms with Crippen LogP contribution in [-0.2, 0) is 5.60 Å². The molecule has 2 aromatic rings. The van der Waals surface area contributed by atoms with E-state index in [9.17, 15) is 5.11 Å². The van der Waals surface area contributed by atoms with Crippen LogP contribution < -0.4 is 8.61 Å². The minimum atomic E-state index is -0.827. The third kappa shape index (κ3) is 6.92. The molecule has 0 saturated heterocycles. The standard InChI is InChI=1S/C21H26N2OS.3C2H6/c1-14-5-9-17(21(2,3)24)12-18(14)16-8-10-19-20(11-16)22(4)25-23(19)13-15-6-7-15;3*1-2/h5,8-12,15,24H,6-7,13H2,1-4H3;3*1-2H3. The molecule has 2 aliphatic rings. The van der Waals surface area contributed by atoms with E-state index in [4.69, 9.17) is 0 Å². The van der Waals surface area contributed by atoms with Crippen LogP contribution in [-0.4, -0.2) is 18.7 Å². The van der Waals surface area contributed by atoms with E-state index < -0.39 is 5.60 Å². The molecule has 1 aliphatic carbocycles. The number of hydrogen-bond acceptors (Lipinski definition) is 4. The third-order valence-corrected chi connectivity index (χ3v) is 6.16. The van der Waals surface area contributed by atoms with Crippen LogP contribution in [0.1, 0.15) is 79.4 Å². The average molecular weight is 445 g/mol. The van der Waals surface area contributed by atoms with Gasteiger partial charge >= 0.3 is 0 Å². The van der Waals surface area contributed by atoms with Gasteiger partial charge in [-0.3, -0.25) is 8.61 Å². The third-order valence-electron chi connectivity index (χ3n) is 5.18. The molecule has 1 heterocycles. The van der Waals surface area contributed by atoms with Gasteiger partial charge in [-0.1, -0.05) is 59.7 Å². The van der Waals surface area contributed by atoms with Gasteiger partial charge in [-0.25, -0.2) is 0 Å². The van der Waals surface area contributed by atoms with E-state index >= 15 is 0 Å². The molecular formula is C27H44N2OS. The number of anilines is 2. The van der Waals surface area contributed by atoms with Crippen molar-refractivity contribution in [1.29, 1.82) is 0 Å². The van der Waals surface area contributed by atoms with Gasteiger partial charge in [0.05, 0.1) is 29.1 Å². The molecule has 0 atom stereocenters. The number of fused-ring (bicyclic) bond motifs is 1. The lowest BCUT2D eigenvalue weighted by Gasteiger charge is -2.20. The number of nitrogens with zero attached hydrogens (tertiary/aromatic N) is 2. The summed E-state index contributed by atoms with van der Waals surface area (Å²) < 4.78 is 4.69. The van der Waals surface area contributed by atoms with Gasteiger partial charge in [0.2, 0.25) is 0 Å². The monoisotopic (exact) mass is 444 g/mol. The zero-order valence-corrected chi connectivity index (χ0v) is 22.2. The van der Waals surface area contributed by atoms with Gasteiger partial charge in [-0.2, -0.15) is 0 Å². The molecule has 0 radical (unpaired) electrons. The second-order valence-electron chi connectivity index (χ2n) is 7.88. The Morgan fingerprint density at radius 3 is 2.10 bits per heavy atom. The van der Waals surface area contributed by atoms with Crippen molar-refractivity contribution in [2.45, 2.75) is 80.8 Å². The molecular weight excluding hydrogens is 400 g/mol. The first-order valence-electron chi connectivity index (χ1n) is 12.0. The molecule has 0 bridgehead atoms. The van der Waals surface area contributed by atoms with Crippen molar-refractivity contribution in [3.8, 4) is 11.1 Å². The molecule has 0 spiro atoms. The van der Waals surface area contributed by atoms with Crippen LogP contribution in [0.15, 0.2) is 36.4 Å². The molecule has 1 aliphatic heterocycles. The summed E-state index contributed by atoms with van der Waals surface area (Å²) in [4.78, 5) is 0. The Morgan fingerprint density at radius 1 is 0.935 bits per heavy atom. The SMILES string of the molecule is CC.CC.CC.Cc1ccc(C(C)(C)O)cc1-c1ccc2c(c1)N(C)SN2CC1CC1. The fourth-order valence-electron chi connectivity index (χ4n) is 3.37. The Kier molecular flexibility index (Phi) is 11.0. The lowest BCUT2D eigenvalue weighted by atomic mass is 9.91. The highest BCUT2D eigenvalue weighted by atomic mass is 32.2. The largest absolute Gasteiger partial charge is 0.386 e. The van der Waals surface area contributed by atoms with E-state index in [1.54, 1.807) is 12.1 Å². The van der Waals surface area contributed by atoms with Gasteiger partial charge in [0.15, 0.2) is 0 Å². The normalized spacial score (nSPS) is 14.4. The van der Waals surface area contributed by atoms with Gasteiger partial charge in [-0.05, 0) is 80.0 Å². The van der Waals surface area contributed by atoms with Crippen LogP contribution >= 0.6 is 12.1 Å². The maximum Gasteiger partial charge on any atom is 0.0840 e. The molecule has 1 N–H and O–H groups in total. The van der Waals surface area contributed by atoms with Gasteiger partial charge < -0.3 is 5.11 Å². The number of hydrogen-bond donors (Lipinski definition) is 1. The van der Waals surface area contributed by atoms with Crippen molar-refractivity contribution in [3.05, 3.63) is 47.5 Å². The maximum atomic E-state index is 10.4. The fraction of sp³-hybridized carbons (Fsp3) is 0.556. The highest BCUT2D eigenvalue weighted by Crippen LogP contribution is 2.47. The predicted molar refractivity (Wildman–Crippen MR) is 142 cm³/mol. The van der Waals surface area contributed by atoms with Crippen molar-refractivity contribution < 1.29 is 5.11 Å². The van der Waals surface area contributed by atoms with Crippen molar-refractivity contribution >= 4 is 23.5 Å². The molecule has 1 saturated carbocycles.